The fourth-order valence-corrected chi connectivity index (χ4v) is 6.73. The van der Waals surface area contributed by atoms with Crippen LogP contribution in [0.25, 0.3) is 0 Å². The van der Waals surface area contributed by atoms with Gasteiger partial charge in [0.1, 0.15) is 0 Å². The average molecular weight is 571 g/mol. The molecule has 226 valence electrons. The third-order valence-electron chi connectivity index (χ3n) is 7.58. The van der Waals surface area contributed by atoms with Crippen LogP contribution in [0.3, 0.4) is 0 Å². The van der Waals surface area contributed by atoms with Gasteiger partial charge in [-0.05, 0) is 12.8 Å². The standard InChI is InChI=1S/C34H66O2S2/c1-3-5-7-9-11-13-15-17-19-21-23-25-27-29-33(35)37-31-32-38-34(36)30-28-26-24-22-20-18-16-14-12-10-8-6-4-2/h3-32H2,1-2H3. The average Bonchev–Trinajstić information content (AvgIpc) is 2.92. The topological polar surface area (TPSA) is 34.1 Å². The Balaban J connectivity index is 3.27. The minimum atomic E-state index is 0.317. The van der Waals surface area contributed by atoms with E-state index in [0.717, 1.165) is 24.3 Å². The number of hydrogen-bond donors (Lipinski definition) is 0. The van der Waals surface area contributed by atoms with Crippen LogP contribution in [0, 0.1) is 0 Å². The minimum absolute atomic E-state index is 0.317. The number of hydrogen-bond acceptors (Lipinski definition) is 4. The molecule has 0 fully saturated rings. The Morgan fingerprint density at radius 3 is 0.789 bits per heavy atom. The van der Waals surface area contributed by atoms with Gasteiger partial charge in [0.05, 0.1) is 0 Å². The van der Waals surface area contributed by atoms with Gasteiger partial charge in [0, 0.05) is 24.3 Å². The Bertz CT molecular complexity index is 451. The zero-order chi connectivity index (χ0) is 27.8. The van der Waals surface area contributed by atoms with Gasteiger partial charge < -0.3 is 0 Å². The van der Waals surface area contributed by atoms with E-state index in [1.54, 1.807) is 0 Å². The van der Waals surface area contributed by atoms with Crippen molar-refractivity contribution in [1.82, 2.24) is 0 Å². The lowest BCUT2D eigenvalue weighted by molar-refractivity contribution is -0.111. The second-order valence-corrected chi connectivity index (χ2v) is 13.7. The van der Waals surface area contributed by atoms with Gasteiger partial charge in [-0.25, -0.2) is 0 Å². The summed E-state index contributed by atoms with van der Waals surface area (Å²) < 4.78 is 0. The lowest BCUT2D eigenvalue weighted by Crippen LogP contribution is -1.99. The zero-order valence-electron chi connectivity index (χ0n) is 25.8. The van der Waals surface area contributed by atoms with E-state index < -0.39 is 0 Å². The van der Waals surface area contributed by atoms with Gasteiger partial charge in [-0.1, -0.05) is 191 Å². The monoisotopic (exact) mass is 570 g/mol. The fraction of sp³-hybridized carbons (Fsp3) is 0.941. The van der Waals surface area contributed by atoms with E-state index in [2.05, 4.69) is 13.8 Å². The van der Waals surface area contributed by atoms with Crippen molar-refractivity contribution in [2.24, 2.45) is 0 Å². The van der Waals surface area contributed by atoms with E-state index in [1.165, 1.54) is 178 Å². The van der Waals surface area contributed by atoms with Crippen molar-refractivity contribution in [3.05, 3.63) is 0 Å². The van der Waals surface area contributed by atoms with Gasteiger partial charge in [-0.15, -0.1) is 0 Å². The summed E-state index contributed by atoms with van der Waals surface area (Å²) >= 11 is 2.88. The van der Waals surface area contributed by atoms with Gasteiger partial charge in [-0.3, -0.25) is 9.59 Å². The number of thioether (sulfide) groups is 2. The van der Waals surface area contributed by atoms with Crippen LogP contribution in [0.4, 0.5) is 0 Å². The van der Waals surface area contributed by atoms with Crippen LogP contribution in [0.5, 0.6) is 0 Å². The normalized spacial score (nSPS) is 11.3. The van der Waals surface area contributed by atoms with Crippen molar-refractivity contribution in [1.29, 1.82) is 0 Å². The van der Waals surface area contributed by atoms with E-state index in [1.807, 2.05) is 0 Å². The maximum absolute atomic E-state index is 12.1. The summed E-state index contributed by atoms with van der Waals surface area (Å²) in [5.41, 5.74) is 0. The number of rotatable bonds is 31. The Morgan fingerprint density at radius 1 is 0.342 bits per heavy atom. The molecule has 4 heteroatoms. The molecule has 0 heterocycles. The number of carbonyl (C=O) groups is 2. The first kappa shape index (κ1) is 38.0. The summed E-state index contributed by atoms with van der Waals surface area (Å²) in [6, 6.07) is 0. The van der Waals surface area contributed by atoms with Crippen LogP contribution >= 0.6 is 23.5 Å². The Labute approximate surface area is 247 Å². The van der Waals surface area contributed by atoms with Crippen molar-refractivity contribution in [3.8, 4) is 0 Å². The van der Waals surface area contributed by atoms with Crippen LogP contribution in [-0.2, 0) is 9.59 Å². The lowest BCUT2D eigenvalue weighted by atomic mass is 10.0. The highest BCUT2D eigenvalue weighted by atomic mass is 32.2. The Morgan fingerprint density at radius 2 is 0.553 bits per heavy atom. The molecule has 0 bridgehead atoms. The molecule has 0 aromatic rings. The van der Waals surface area contributed by atoms with Gasteiger partial charge in [0.2, 0.25) is 0 Å². The van der Waals surface area contributed by atoms with Crippen molar-refractivity contribution in [2.45, 2.75) is 194 Å². The molecule has 0 aliphatic rings. The quantitative estimate of drug-likeness (QED) is 0.0776. The highest BCUT2D eigenvalue weighted by molar-refractivity contribution is 8.16. The molecular formula is C34H66O2S2. The third kappa shape index (κ3) is 32.3. The first-order valence-electron chi connectivity index (χ1n) is 17.0. The van der Waals surface area contributed by atoms with Crippen LogP contribution < -0.4 is 0 Å². The van der Waals surface area contributed by atoms with Gasteiger partial charge in [-0.2, -0.15) is 0 Å². The van der Waals surface area contributed by atoms with Crippen LogP contribution in [-0.4, -0.2) is 21.7 Å². The first-order chi connectivity index (χ1) is 18.7. The SMILES string of the molecule is CCCCCCCCCCCCCCCC(=O)SCCSC(=O)CCCCCCCCCCCCCCC. The maximum atomic E-state index is 12.1. The lowest BCUT2D eigenvalue weighted by Gasteiger charge is -2.04. The largest absolute Gasteiger partial charge is 0.287 e. The summed E-state index contributed by atoms with van der Waals surface area (Å²) in [7, 11) is 0. The van der Waals surface area contributed by atoms with Gasteiger partial charge in [0.15, 0.2) is 10.2 Å². The molecular weight excluding hydrogens is 505 g/mol. The zero-order valence-corrected chi connectivity index (χ0v) is 27.5. The van der Waals surface area contributed by atoms with E-state index in [-0.39, 0.29) is 0 Å². The predicted molar refractivity (Wildman–Crippen MR) is 176 cm³/mol. The fourth-order valence-electron chi connectivity index (χ4n) is 5.03. The molecule has 0 N–H and O–H groups in total. The molecule has 0 atom stereocenters. The molecule has 0 aliphatic carbocycles. The number of unbranched alkanes of at least 4 members (excludes halogenated alkanes) is 24. The van der Waals surface area contributed by atoms with Crippen molar-refractivity contribution in [3.63, 3.8) is 0 Å². The second-order valence-electron chi connectivity index (χ2n) is 11.4. The summed E-state index contributed by atoms with van der Waals surface area (Å²) in [6.07, 6.45) is 36.2. The Hall–Kier alpha value is 0.0400. The number of carbonyl (C=O) groups excluding carboxylic acids is 2. The first-order valence-corrected chi connectivity index (χ1v) is 19.0. The van der Waals surface area contributed by atoms with E-state index in [0.29, 0.717) is 23.1 Å². The molecule has 38 heavy (non-hydrogen) atoms. The molecule has 0 unspecified atom stereocenters. The van der Waals surface area contributed by atoms with Crippen LogP contribution in [0.15, 0.2) is 0 Å². The molecule has 0 radical (unpaired) electrons. The van der Waals surface area contributed by atoms with E-state index in [4.69, 9.17) is 0 Å². The summed E-state index contributed by atoms with van der Waals surface area (Å²) in [4.78, 5) is 24.1. The molecule has 0 saturated carbocycles. The highest BCUT2D eigenvalue weighted by Crippen LogP contribution is 2.18. The van der Waals surface area contributed by atoms with E-state index in [9.17, 15) is 9.59 Å². The molecule has 0 aliphatic heterocycles. The van der Waals surface area contributed by atoms with Crippen LogP contribution in [0.2, 0.25) is 0 Å². The third-order valence-corrected chi connectivity index (χ3v) is 9.71. The van der Waals surface area contributed by atoms with Crippen molar-refractivity contribution in [2.75, 3.05) is 11.5 Å². The minimum Gasteiger partial charge on any atom is -0.287 e. The molecule has 0 spiro atoms. The molecule has 0 aromatic carbocycles. The van der Waals surface area contributed by atoms with E-state index >= 15 is 0 Å². The van der Waals surface area contributed by atoms with Gasteiger partial charge in [0.25, 0.3) is 0 Å². The second kappa shape index (κ2) is 33.2. The van der Waals surface area contributed by atoms with Crippen molar-refractivity contribution < 1.29 is 9.59 Å². The summed E-state index contributed by atoms with van der Waals surface area (Å²) in [5.74, 6) is 1.57. The smallest absolute Gasteiger partial charge is 0.188 e. The molecule has 0 rings (SSSR count). The summed E-state index contributed by atoms with van der Waals surface area (Å²) in [5, 5.41) is 0.634. The predicted octanol–water partition coefficient (Wildman–Crippen LogP) is 12.5. The summed E-state index contributed by atoms with van der Waals surface area (Å²) in [6.45, 7) is 4.56. The maximum Gasteiger partial charge on any atom is 0.188 e. The van der Waals surface area contributed by atoms with Gasteiger partial charge >= 0.3 is 0 Å². The molecule has 0 amide bonds. The highest BCUT2D eigenvalue weighted by Gasteiger charge is 2.06. The van der Waals surface area contributed by atoms with Crippen molar-refractivity contribution >= 4 is 33.8 Å². The molecule has 0 saturated heterocycles. The Kier molecular flexibility index (Phi) is 33.3. The van der Waals surface area contributed by atoms with Crippen LogP contribution in [0.1, 0.15) is 194 Å². The molecule has 0 aromatic heterocycles. The molecule has 2 nitrogen and oxygen atoms in total.